The fraction of sp³-hybridized carbons (Fsp3) is 0.800. The first-order valence-electron chi connectivity index (χ1n) is 35.4. The molecule has 81 heavy (non-hydrogen) atoms. The molecular formula is C75H134O6. The van der Waals surface area contributed by atoms with Gasteiger partial charge in [0.2, 0.25) is 0 Å². The van der Waals surface area contributed by atoms with Crippen LogP contribution in [0.5, 0.6) is 0 Å². The highest BCUT2D eigenvalue weighted by Gasteiger charge is 2.19. The standard InChI is InChI=1S/C75H134O6/c1-4-7-10-13-16-19-22-25-27-29-31-33-34-35-36-37-38-39-40-42-43-45-47-50-53-56-59-62-65-68-74(77)80-71-72(70-79-73(76)67-64-61-58-55-52-49-24-21-18-15-12-9-6-3)81-75(78)69-66-63-60-57-54-51-48-46-44-41-32-30-28-26-23-20-17-14-11-8-5-2/h7,10,16,19,25,27,31,33,35-36,38-39,72H,4-6,8-9,11-15,17-18,20-24,26,28-30,32,34,37,40-71H2,1-3H3/b10-7-,19-16-,27-25-,33-31-,36-35-,39-38-. The minimum Gasteiger partial charge on any atom is -0.462 e. The maximum atomic E-state index is 13.0. The summed E-state index contributed by atoms with van der Waals surface area (Å²) in [5.74, 6) is -0.850. The van der Waals surface area contributed by atoms with Crippen molar-refractivity contribution in [3.8, 4) is 0 Å². The lowest BCUT2D eigenvalue weighted by molar-refractivity contribution is -0.167. The van der Waals surface area contributed by atoms with E-state index in [1.54, 1.807) is 0 Å². The van der Waals surface area contributed by atoms with Crippen molar-refractivity contribution in [3.63, 3.8) is 0 Å². The molecule has 0 aliphatic rings. The van der Waals surface area contributed by atoms with Crippen LogP contribution in [0.3, 0.4) is 0 Å². The molecule has 1 atom stereocenters. The van der Waals surface area contributed by atoms with Gasteiger partial charge in [-0.3, -0.25) is 14.4 Å². The van der Waals surface area contributed by atoms with Gasteiger partial charge in [-0.1, -0.05) is 351 Å². The first-order valence-corrected chi connectivity index (χ1v) is 35.4. The van der Waals surface area contributed by atoms with E-state index < -0.39 is 6.10 Å². The third kappa shape index (κ3) is 67.5. The zero-order valence-electron chi connectivity index (χ0n) is 54.1. The molecule has 0 fully saturated rings. The molecule has 0 heterocycles. The molecule has 0 aliphatic heterocycles. The summed E-state index contributed by atoms with van der Waals surface area (Å²) in [4.78, 5) is 38.4. The van der Waals surface area contributed by atoms with Crippen molar-refractivity contribution in [1.29, 1.82) is 0 Å². The normalized spacial score (nSPS) is 12.5. The molecule has 0 aromatic carbocycles. The Bertz CT molecular complexity index is 1490. The Morgan fingerprint density at radius 1 is 0.259 bits per heavy atom. The van der Waals surface area contributed by atoms with Crippen LogP contribution >= 0.6 is 0 Å². The Kier molecular flexibility index (Phi) is 66.6. The third-order valence-electron chi connectivity index (χ3n) is 15.7. The molecule has 0 rings (SSSR count). The lowest BCUT2D eigenvalue weighted by Crippen LogP contribution is -2.30. The highest BCUT2D eigenvalue weighted by atomic mass is 16.6. The van der Waals surface area contributed by atoms with Gasteiger partial charge in [0, 0.05) is 19.3 Å². The summed E-state index contributed by atoms with van der Waals surface area (Å²) in [6.07, 6.45) is 90.7. The molecule has 6 nitrogen and oxygen atoms in total. The summed E-state index contributed by atoms with van der Waals surface area (Å²) in [5.41, 5.74) is 0. The SMILES string of the molecule is CC/C=C\C/C=C\C/C=C\C/C=C\C/C=C\C/C=C\CCCCCCCCCCCCC(=O)OCC(COC(=O)CCCCCCCCCCCCCCC)OC(=O)CCCCCCCCCCCCCCCCCCCCCCC. The molecule has 0 spiro atoms. The van der Waals surface area contributed by atoms with Crippen LogP contribution in [0.15, 0.2) is 72.9 Å². The van der Waals surface area contributed by atoms with Crippen LogP contribution in [0.1, 0.15) is 367 Å². The van der Waals surface area contributed by atoms with E-state index in [4.69, 9.17) is 14.2 Å². The maximum absolute atomic E-state index is 13.0. The van der Waals surface area contributed by atoms with Crippen LogP contribution in [-0.4, -0.2) is 37.2 Å². The molecule has 0 saturated heterocycles. The van der Waals surface area contributed by atoms with Gasteiger partial charge in [0.25, 0.3) is 0 Å². The quantitative estimate of drug-likeness (QED) is 0.0261. The van der Waals surface area contributed by atoms with Crippen LogP contribution in [0.2, 0.25) is 0 Å². The van der Waals surface area contributed by atoms with Crippen molar-refractivity contribution in [2.24, 2.45) is 0 Å². The van der Waals surface area contributed by atoms with Crippen molar-refractivity contribution >= 4 is 17.9 Å². The van der Waals surface area contributed by atoms with E-state index in [0.29, 0.717) is 19.3 Å². The first kappa shape index (κ1) is 77.9. The van der Waals surface area contributed by atoms with E-state index in [-0.39, 0.29) is 31.1 Å². The number of ether oxygens (including phenoxy) is 3. The van der Waals surface area contributed by atoms with E-state index in [1.165, 1.54) is 231 Å². The summed E-state index contributed by atoms with van der Waals surface area (Å²) < 4.78 is 17.0. The van der Waals surface area contributed by atoms with Gasteiger partial charge in [0.15, 0.2) is 6.10 Å². The minimum absolute atomic E-state index is 0.0704. The van der Waals surface area contributed by atoms with Crippen molar-refractivity contribution in [3.05, 3.63) is 72.9 Å². The Hall–Kier alpha value is -3.15. The first-order chi connectivity index (χ1) is 40.0. The second kappa shape index (κ2) is 69.3. The summed E-state index contributed by atoms with van der Waals surface area (Å²) in [7, 11) is 0. The highest BCUT2D eigenvalue weighted by molar-refractivity contribution is 5.71. The topological polar surface area (TPSA) is 78.9 Å². The fourth-order valence-corrected chi connectivity index (χ4v) is 10.5. The van der Waals surface area contributed by atoms with Crippen LogP contribution < -0.4 is 0 Å². The molecule has 0 aromatic heterocycles. The fourth-order valence-electron chi connectivity index (χ4n) is 10.5. The maximum Gasteiger partial charge on any atom is 0.306 e. The molecule has 470 valence electrons. The van der Waals surface area contributed by atoms with Gasteiger partial charge in [-0.25, -0.2) is 0 Å². The second-order valence-corrected chi connectivity index (χ2v) is 23.8. The van der Waals surface area contributed by atoms with Gasteiger partial charge in [-0.15, -0.1) is 0 Å². The van der Waals surface area contributed by atoms with Crippen molar-refractivity contribution in [2.75, 3.05) is 13.2 Å². The Morgan fingerprint density at radius 3 is 0.753 bits per heavy atom. The van der Waals surface area contributed by atoms with Gasteiger partial charge >= 0.3 is 17.9 Å². The second-order valence-electron chi connectivity index (χ2n) is 23.8. The molecule has 0 bridgehead atoms. The lowest BCUT2D eigenvalue weighted by atomic mass is 10.0. The lowest BCUT2D eigenvalue weighted by Gasteiger charge is -2.18. The predicted molar refractivity (Wildman–Crippen MR) is 353 cm³/mol. The molecule has 1 unspecified atom stereocenters. The number of allylic oxidation sites excluding steroid dienone is 12. The van der Waals surface area contributed by atoms with Gasteiger partial charge in [0.05, 0.1) is 0 Å². The summed E-state index contributed by atoms with van der Waals surface area (Å²) >= 11 is 0. The van der Waals surface area contributed by atoms with Gasteiger partial charge in [-0.2, -0.15) is 0 Å². The Morgan fingerprint density at radius 2 is 0.481 bits per heavy atom. The molecule has 0 radical (unpaired) electrons. The van der Waals surface area contributed by atoms with Crippen molar-refractivity contribution < 1.29 is 28.6 Å². The van der Waals surface area contributed by atoms with Crippen molar-refractivity contribution in [1.82, 2.24) is 0 Å². The highest BCUT2D eigenvalue weighted by Crippen LogP contribution is 2.18. The van der Waals surface area contributed by atoms with Crippen LogP contribution in [0.25, 0.3) is 0 Å². The monoisotopic (exact) mass is 1130 g/mol. The van der Waals surface area contributed by atoms with Crippen LogP contribution in [-0.2, 0) is 28.6 Å². The molecule has 6 heteroatoms. The molecule has 0 aromatic rings. The van der Waals surface area contributed by atoms with E-state index >= 15 is 0 Å². The molecule has 0 aliphatic carbocycles. The number of carbonyl (C=O) groups is 3. The van der Waals surface area contributed by atoms with Crippen LogP contribution in [0.4, 0.5) is 0 Å². The van der Waals surface area contributed by atoms with Crippen molar-refractivity contribution in [2.45, 2.75) is 374 Å². The summed E-state index contributed by atoms with van der Waals surface area (Å²) in [5, 5.41) is 0. The van der Waals surface area contributed by atoms with E-state index in [1.807, 2.05) is 0 Å². The molecule has 0 saturated carbocycles. The van der Waals surface area contributed by atoms with E-state index in [0.717, 1.165) is 96.3 Å². The minimum atomic E-state index is -0.774. The average Bonchev–Trinajstić information content (AvgIpc) is 3.46. The van der Waals surface area contributed by atoms with Crippen LogP contribution in [0, 0.1) is 0 Å². The zero-order chi connectivity index (χ0) is 58.5. The summed E-state index contributed by atoms with van der Waals surface area (Å²) in [6, 6.07) is 0. The number of unbranched alkanes of at least 4 members (excludes halogenated alkanes) is 42. The number of rotatable bonds is 65. The van der Waals surface area contributed by atoms with E-state index in [2.05, 4.69) is 93.7 Å². The molecular weight excluding hydrogens is 997 g/mol. The molecule has 0 amide bonds. The smallest absolute Gasteiger partial charge is 0.306 e. The Balaban J connectivity index is 4.25. The Labute approximate surface area is 503 Å². The number of esters is 3. The third-order valence-corrected chi connectivity index (χ3v) is 15.7. The average molecular weight is 1130 g/mol. The van der Waals surface area contributed by atoms with E-state index in [9.17, 15) is 14.4 Å². The predicted octanol–water partition coefficient (Wildman–Crippen LogP) is 24.4. The van der Waals surface area contributed by atoms with Gasteiger partial charge in [-0.05, 0) is 70.6 Å². The largest absolute Gasteiger partial charge is 0.462 e. The van der Waals surface area contributed by atoms with Gasteiger partial charge in [0.1, 0.15) is 13.2 Å². The summed E-state index contributed by atoms with van der Waals surface area (Å²) in [6.45, 7) is 6.58. The zero-order valence-corrected chi connectivity index (χ0v) is 54.1. The van der Waals surface area contributed by atoms with Gasteiger partial charge < -0.3 is 14.2 Å². The number of carbonyl (C=O) groups excluding carboxylic acids is 3. The number of hydrogen-bond donors (Lipinski definition) is 0. The molecule has 0 N–H and O–H groups in total. The number of hydrogen-bond acceptors (Lipinski definition) is 6.